The predicted molar refractivity (Wildman–Crippen MR) is 132 cm³/mol. The Morgan fingerprint density at radius 3 is 2.53 bits per heavy atom. The molecule has 2 heterocycles. The second-order valence-corrected chi connectivity index (χ2v) is 8.84. The van der Waals surface area contributed by atoms with Crippen molar-refractivity contribution in [2.45, 2.75) is 17.5 Å². The van der Waals surface area contributed by atoms with Crippen LogP contribution >= 0.6 is 23.4 Å². The van der Waals surface area contributed by atoms with Crippen molar-refractivity contribution in [1.82, 2.24) is 19.7 Å². The molecule has 0 amide bonds. The van der Waals surface area contributed by atoms with E-state index in [-0.39, 0.29) is 5.56 Å². The number of halogens is 1. The maximum Gasteiger partial charge on any atom is 0.262 e. The molecule has 0 N–H and O–H groups in total. The average Bonchev–Trinajstić information content (AvgIpc) is 3.34. The number of methoxy groups -OCH3 is 1. The van der Waals surface area contributed by atoms with E-state index in [1.807, 2.05) is 54.6 Å². The van der Waals surface area contributed by atoms with Crippen LogP contribution < -0.4 is 10.3 Å². The summed E-state index contributed by atoms with van der Waals surface area (Å²) >= 11 is 7.33. The van der Waals surface area contributed by atoms with Crippen LogP contribution in [0, 0.1) is 0 Å². The first-order valence-electron chi connectivity index (χ1n) is 10.4. The van der Waals surface area contributed by atoms with Crippen LogP contribution in [0.25, 0.3) is 22.3 Å². The molecule has 9 heteroatoms. The van der Waals surface area contributed by atoms with Gasteiger partial charge in [-0.3, -0.25) is 9.36 Å². The lowest BCUT2D eigenvalue weighted by atomic mass is 10.2. The van der Waals surface area contributed by atoms with E-state index in [1.54, 1.807) is 29.9 Å². The first kappa shape index (κ1) is 22.2. The van der Waals surface area contributed by atoms with E-state index >= 15 is 0 Å². The van der Waals surface area contributed by atoms with Crippen LogP contribution in [0.5, 0.6) is 5.75 Å². The van der Waals surface area contributed by atoms with Gasteiger partial charge in [0, 0.05) is 10.6 Å². The van der Waals surface area contributed by atoms with Gasteiger partial charge in [0.25, 0.3) is 5.56 Å². The highest BCUT2D eigenvalue weighted by molar-refractivity contribution is 7.98. The zero-order valence-corrected chi connectivity index (χ0v) is 19.7. The molecule has 0 aliphatic carbocycles. The Balaban J connectivity index is 1.44. The number of aromatic nitrogens is 4. The number of rotatable bonds is 7. The Hall–Kier alpha value is -3.62. The van der Waals surface area contributed by atoms with Crippen molar-refractivity contribution in [3.63, 3.8) is 0 Å². The van der Waals surface area contributed by atoms with Gasteiger partial charge in [0.1, 0.15) is 5.75 Å². The fourth-order valence-electron chi connectivity index (χ4n) is 3.47. The van der Waals surface area contributed by atoms with Gasteiger partial charge >= 0.3 is 0 Å². The molecule has 2 aromatic heterocycles. The van der Waals surface area contributed by atoms with Crippen molar-refractivity contribution in [1.29, 1.82) is 0 Å². The summed E-state index contributed by atoms with van der Waals surface area (Å²) in [6.45, 7) is 0.378. The quantitative estimate of drug-likeness (QED) is 0.221. The highest BCUT2D eigenvalue weighted by atomic mass is 35.5. The fraction of sp³-hybridized carbons (Fsp3) is 0.120. The number of nitrogens with zero attached hydrogens (tertiary/aromatic N) is 4. The van der Waals surface area contributed by atoms with Crippen LogP contribution in [0.2, 0.25) is 5.02 Å². The molecule has 0 saturated heterocycles. The summed E-state index contributed by atoms with van der Waals surface area (Å²) in [4.78, 5) is 22.6. The fourth-order valence-corrected chi connectivity index (χ4v) is 4.43. The van der Waals surface area contributed by atoms with Gasteiger partial charge in [-0.05, 0) is 54.1 Å². The molecule has 0 fully saturated rings. The van der Waals surface area contributed by atoms with E-state index in [0.717, 1.165) is 16.9 Å². The normalized spacial score (nSPS) is 11.1. The summed E-state index contributed by atoms with van der Waals surface area (Å²) in [6.07, 6.45) is 0. The molecule has 3 aromatic carbocycles. The molecule has 0 aliphatic heterocycles. The minimum absolute atomic E-state index is 0.101. The van der Waals surface area contributed by atoms with Crippen LogP contribution in [0.4, 0.5) is 0 Å². The lowest BCUT2D eigenvalue weighted by Gasteiger charge is -2.13. The molecule has 7 nitrogen and oxygen atoms in total. The lowest BCUT2D eigenvalue weighted by Crippen LogP contribution is -2.24. The maximum atomic E-state index is 13.3. The summed E-state index contributed by atoms with van der Waals surface area (Å²) in [7, 11) is 1.62. The molecule has 0 aliphatic rings. The zero-order chi connectivity index (χ0) is 23.5. The number of benzene rings is 3. The smallest absolute Gasteiger partial charge is 0.262 e. The Kier molecular flexibility index (Phi) is 6.33. The third-order valence-corrected chi connectivity index (χ3v) is 6.43. The van der Waals surface area contributed by atoms with Crippen LogP contribution in [0.15, 0.2) is 87.3 Å². The minimum atomic E-state index is -0.101. The van der Waals surface area contributed by atoms with E-state index in [1.165, 1.54) is 11.8 Å². The Morgan fingerprint density at radius 1 is 1.00 bits per heavy atom. The van der Waals surface area contributed by atoms with E-state index in [9.17, 15) is 4.79 Å². The predicted octanol–water partition coefficient (Wildman–Crippen LogP) is 5.45. The second-order valence-electron chi connectivity index (χ2n) is 7.46. The number of hydrogen-bond acceptors (Lipinski definition) is 7. The topological polar surface area (TPSA) is 83.0 Å². The van der Waals surface area contributed by atoms with E-state index < -0.39 is 0 Å². The molecule has 5 aromatic rings. The highest BCUT2D eigenvalue weighted by Gasteiger charge is 2.15. The van der Waals surface area contributed by atoms with Crippen molar-refractivity contribution in [2.75, 3.05) is 7.11 Å². The standard InChI is InChI=1S/C25H19ClN4O3S/c1-32-19-12-6-16(7-13-19)14-30-24(31)20-4-2-3-5-21(20)27-25(30)34-15-22-28-23(29-33-22)17-8-10-18(26)11-9-17/h2-13H,14-15H2,1H3. The molecule has 5 rings (SSSR count). The van der Waals surface area contributed by atoms with Crippen molar-refractivity contribution in [3.8, 4) is 17.1 Å². The van der Waals surface area contributed by atoms with Crippen molar-refractivity contribution in [2.24, 2.45) is 0 Å². The number of hydrogen-bond donors (Lipinski definition) is 0. The summed E-state index contributed by atoms with van der Waals surface area (Å²) in [6, 6.07) is 22.2. The summed E-state index contributed by atoms with van der Waals surface area (Å²) < 4.78 is 12.3. The summed E-state index contributed by atoms with van der Waals surface area (Å²) in [5.41, 5.74) is 2.32. The van der Waals surface area contributed by atoms with Crippen LogP contribution in [-0.4, -0.2) is 26.8 Å². The van der Waals surface area contributed by atoms with Crippen LogP contribution in [0.1, 0.15) is 11.5 Å². The van der Waals surface area contributed by atoms with Crippen molar-refractivity contribution < 1.29 is 9.26 Å². The lowest BCUT2D eigenvalue weighted by molar-refractivity contribution is 0.391. The number of fused-ring (bicyclic) bond motifs is 1. The Labute approximate surface area is 204 Å². The van der Waals surface area contributed by atoms with E-state index in [2.05, 4.69) is 10.1 Å². The van der Waals surface area contributed by atoms with Crippen molar-refractivity contribution >= 4 is 34.3 Å². The first-order chi connectivity index (χ1) is 16.6. The van der Waals surface area contributed by atoms with Crippen LogP contribution in [0.3, 0.4) is 0 Å². The van der Waals surface area contributed by atoms with Gasteiger partial charge in [0.2, 0.25) is 11.7 Å². The highest BCUT2D eigenvalue weighted by Crippen LogP contribution is 2.25. The van der Waals surface area contributed by atoms with Gasteiger partial charge in [-0.25, -0.2) is 4.98 Å². The molecular formula is C25H19ClN4O3S. The van der Waals surface area contributed by atoms with Gasteiger partial charge in [0.05, 0.1) is 30.3 Å². The third-order valence-electron chi connectivity index (χ3n) is 5.22. The number of ether oxygens (including phenoxy) is 1. The average molecular weight is 491 g/mol. The van der Waals surface area contributed by atoms with Crippen molar-refractivity contribution in [3.05, 3.63) is 99.6 Å². The van der Waals surface area contributed by atoms with Gasteiger partial charge in [0.15, 0.2) is 5.16 Å². The third kappa shape index (κ3) is 4.69. The Bertz CT molecular complexity index is 1500. The molecule has 0 unspecified atom stereocenters. The van der Waals surface area contributed by atoms with Crippen LogP contribution in [-0.2, 0) is 12.3 Å². The van der Waals surface area contributed by atoms with Gasteiger partial charge in [-0.2, -0.15) is 4.98 Å². The molecular weight excluding hydrogens is 472 g/mol. The SMILES string of the molecule is COc1ccc(Cn2c(SCc3nc(-c4ccc(Cl)cc4)no3)nc3ccccc3c2=O)cc1. The van der Waals surface area contributed by atoms with Gasteiger partial charge < -0.3 is 9.26 Å². The molecule has 0 radical (unpaired) electrons. The monoisotopic (exact) mass is 490 g/mol. The molecule has 0 bridgehead atoms. The summed E-state index contributed by atoms with van der Waals surface area (Å²) in [5, 5.41) is 5.85. The first-order valence-corrected chi connectivity index (χ1v) is 11.8. The molecule has 34 heavy (non-hydrogen) atoms. The molecule has 0 saturated carbocycles. The number of para-hydroxylation sites is 1. The molecule has 170 valence electrons. The maximum absolute atomic E-state index is 13.3. The largest absolute Gasteiger partial charge is 0.497 e. The molecule has 0 spiro atoms. The van der Waals surface area contributed by atoms with E-state index in [0.29, 0.717) is 45.1 Å². The van der Waals surface area contributed by atoms with Gasteiger partial charge in [-0.1, -0.05) is 52.8 Å². The number of thioether (sulfide) groups is 1. The second kappa shape index (κ2) is 9.70. The van der Waals surface area contributed by atoms with Gasteiger partial charge in [-0.15, -0.1) is 0 Å². The van der Waals surface area contributed by atoms with E-state index in [4.69, 9.17) is 25.8 Å². The molecule has 0 atom stereocenters. The Morgan fingerprint density at radius 2 is 1.76 bits per heavy atom. The minimum Gasteiger partial charge on any atom is -0.497 e. The zero-order valence-electron chi connectivity index (χ0n) is 18.1. The summed E-state index contributed by atoms with van der Waals surface area (Å²) in [5.74, 6) is 2.05.